The molecule has 1 N–H and O–H groups in total. The third-order valence-corrected chi connectivity index (χ3v) is 5.02. The average Bonchev–Trinajstić information content (AvgIpc) is 2.71. The molecule has 0 aliphatic rings. The number of carbonyl (C=O) groups excluding carboxylic acids is 2. The predicted molar refractivity (Wildman–Crippen MR) is 118 cm³/mol. The number of rotatable bonds is 10. The fourth-order valence-electron chi connectivity index (χ4n) is 3.30. The molecule has 29 heavy (non-hydrogen) atoms. The molecule has 0 bridgehead atoms. The van der Waals surface area contributed by atoms with E-state index in [-0.39, 0.29) is 11.8 Å². The SMILES string of the molecule is CCCC(=O)N(Cc1ccccc1C)[C@H](Cc1ccccc1)C(=O)NCC(C)C. The summed E-state index contributed by atoms with van der Waals surface area (Å²) in [7, 11) is 0. The van der Waals surface area contributed by atoms with E-state index in [0.29, 0.717) is 31.8 Å². The zero-order chi connectivity index (χ0) is 21.2. The van der Waals surface area contributed by atoms with Gasteiger partial charge in [-0.2, -0.15) is 0 Å². The van der Waals surface area contributed by atoms with Crippen molar-refractivity contribution in [3.05, 3.63) is 71.3 Å². The van der Waals surface area contributed by atoms with E-state index in [1.54, 1.807) is 4.90 Å². The Balaban J connectivity index is 2.36. The molecule has 4 nitrogen and oxygen atoms in total. The van der Waals surface area contributed by atoms with Gasteiger partial charge in [0.15, 0.2) is 0 Å². The minimum Gasteiger partial charge on any atom is -0.354 e. The second-order valence-corrected chi connectivity index (χ2v) is 8.04. The van der Waals surface area contributed by atoms with Gasteiger partial charge in [0.05, 0.1) is 0 Å². The highest BCUT2D eigenvalue weighted by Gasteiger charge is 2.30. The lowest BCUT2D eigenvalue weighted by Gasteiger charge is -2.32. The van der Waals surface area contributed by atoms with Gasteiger partial charge in [-0.05, 0) is 36.0 Å². The number of nitrogens with one attached hydrogen (secondary N) is 1. The number of amides is 2. The van der Waals surface area contributed by atoms with Crippen LogP contribution in [0.2, 0.25) is 0 Å². The van der Waals surface area contributed by atoms with Crippen molar-refractivity contribution < 1.29 is 9.59 Å². The fourth-order valence-corrected chi connectivity index (χ4v) is 3.30. The third kappa shape index (κ3) is 7.04. The number of aryl methyl sites for hydroxylation is 1. The molecule has 0 aromatic heterocycles. The van der Waals surface area contributed by atoms with Gasteiger partial charge in [-0.3, -0.25) is 9.59 Å². The lowest BCUT2D eigenvalue weighted by molar-refractivity contribution is -0.141. The lowest BCUT2D eigenvalue weighted by atomic mass is 10.0. The maximum Gasteiger partial charge on any atom is 0.243 e. The fraction of sp³-hybridized carbons (Fsp3) is 0.440. The Morgan fingerprint density at radius 2 is 1.66 bits per heavy atom. The zero-order valence-corrected chi connectivity index (χ0v) is 18.2. The molecule has 0 spiro atoms. The van der Waals surface area contributed by atoms with E-state index < -0.39 is 6.04 Å². The summed E-state index contributed by atoms with van der Waals surface area (Å²) in [4.78, 5) is 28.0. The summed E-state index contributed by atoms with van der Waals surface area (Å²) in [5, 5.41) is 3.05. The zero-order valence-electron chi connectivity index (χ0n) is 18.2. The Labute approximate surface area is 175 Å². The van der Waals surface area contributed by atoms with Crippen molar-refractivity contribution in [2.45, 2.75) is 59.5 Å². The molecule has 1 atom stereocenters. The van der Waals surface area contributed by atoms with Gasteiger partial charge in [0.25, 0.3) is 0 Å². The summed E-state index contributed by atoms with van der Waals surface area (Å²) < 4.78 is 0. The largest absolute Gasteiger partial charge is 0.354 e. The first-order valence-electron chi connectivity index (χ1n) is 10.6. The number of nitrogens with zero attached hydrogens (tertiary/aromatic N) is 1. The van der Waals surface area contributed by atoms with Crippen molar-refractivity contribution >= 4 is 11.8 Å². The van der Waals surface area contributed by atoms with Crippen LogP contribution in [0.3, 0.4) is 0 Å². The van der Waals surface area contributed by atoms with Crippen LogP contribution in [0.5, 0.6) is 0 Å². The molecule has 156 valence electrons. The molecule has 0 fully saturated rings. The van der Waals surface area contributed by atoms with Gasteiger partial charge in [0.2, 0.25) is 11.8 Å². The van der Waals surface area contributed by atoms with Gasteiger partial charge < -0.3 is 10.2 Å². The van der Waals surface area contributed by atoms with E-state index in [1.165, 1.54) is 0 Å². The van der Waals surface area contributed by atoms with Crippen LogP contribution in [0.25, 0.3) is 0 Å². The van der Waals surface area contributed by atoms with Gasteiger partial charge in [0.1, 0.15) is 6.04 Å². The first-order chi connectivity index (χ1) is 13.9. The van der Waals surface area contributed by atoms with Crippen molar-refractivity contribution in [3.8, 4) is 0 Å². The first-order valence-corrected chi connectivity index (χ1v) is 10.6. The van der Waals surface area contributed by atoms with Crippen LogP contribution >= 0.6 is 0 Å². The number of hydrogen-bond acceptors (Lipinski definition) is 2. The summed E-state index contributed by atoms with van der Waals surface area (Å²) in [6, 6.07) is 17.5. The van der Waals surface area contributed by atoms with Crippen molar-refractivity contribution in [1.82, 2.24) is 10.2 Å². The third-order valence-electron chi connectivity index (χ3n) is 5.02. The summed E-state index contributed by atoms with van der Waals surface area (Å²) in [6.07, 6.45) is 1.70. The van der Waals surface area contributed by atoms with Crippen molar-refractivity contribution in [2.75, 3.05) is 6.54 Å². The van der Waals surface area contributed by atoms with Crippen LogP contribution in [-0.4, -0.2) is 29.3 Å². The van der Waals surface area contributed by atoms with E-state index >= 15 is 0 Å². The van der Waals surface area contributed by atoms with Crippen LogP contribution in [0.4, 0.5) is 0 Å². The Morgan fingerprint density at radius 3 is 2.28 bits per heavy atom. The summed E-state index contributed by atoms with van der Waals surface area (Å²) in [6.45, 7) is 9.22. The van der Waals surface area contributed by atoms with E-state index in [9.17, 15) is 9.59 Å². The highest BCUT2D eigenvalue weighted by molar-refractivity contribution is 5.88. The average molecular weight is 395 g/mol. The molecule has 2 aromatic rings. The highest BCUT2D eigenvalue weighted by atomic mass is 16.2. The van der Waals surface area contributed by atoms with Crippen molar-refractivity contribution in [2.24, 2.45) is 5.92 Å². The number of hydrogen-bond donors (Lipinski definition) is 1. The molecule has 0 aliphatic heterocycles. The molecule has 0 saturated heterocycles. The summed E-state index contributed by atoms with van der Waals surface area (Å²) >= 11 is 0. The molecular weight excluding hydrogens is 360 g/mol. The number of benzene rings is 2. The predicted octanol–water partition coefficient (Wildman–Crippen LogP) is 4.51. The Hall–Kier alpha value is -2.62. The maximum absolute atomic E-state index is 13.2. The Kier molecular flexibility index (Phi) is 8.91. The van der Waals surface area contributed by atoms with E-state index in [4.69, 9.17) is 0 Å². The molecule has 0 radical (unpaired) electrons. The smallest absolute Gasteiger partial charge is 0.243 e. The van der Waals surface area contributed by atoms with Gasteiger partial charge in [-0.25, -0.2) is 0 Å². The topological polar surface area (TPSA) is 49.4 Å². The molecule has 0 heterocycles. The molecular formula is C25H34N2O2. The van der Waals surface area contributed by atoms with E-state index in [1.807, 2.05) is 68.4 Å². The quantitative estimate of drug-likeness (QED) is 0.645. The number of carbonyl (C=O) groups is 2. The van der Waals surface area contributed by atoms with Crippen LogP contribution in [0.15, 0.2) is 54.6 Å². The summed E-state index contributed by atoms with van der Waals surface area (Å²) in [5.74, 6) is 0.296. The highest BCUT2D eigenvalue weighted by Crippen LogP contribution is 2.18. The van der Waals surface area contributed by atoms with Crippen LogP contribution in [-0.2, 0) is 22.6 Å². The lowest BCUT2D eigenvalue weighted by Crippen LogP contribution is -2.51. The van der Waals surface area contributed by atoms with Crippen LogP contribution < -0.4 is 5.32 Å². The van der Waals surface area contributed by atoms with E-state index in [0.717, 1.165) is 23.1 Å². The minimum atomic E-state index is -0.533. The van der Waals surface area contributed by atoms with Crippen LogP contribution in [0.1, 0.15) is 50.3 Å². The molecule has 2 rings (SSSR count). The van der Waals surface area contributed by atoms with Gasteiger partial charge >= 0.3 is 0 Å². The monoisotopic (exact) mass is 394 g/mol. The molecule has 0 aliphatic carbocycles. The van der Waals surface area contributed by atoms with Crippen LogP contribution in [0, 0.1) is 12.8 Å². The summed E-state index contributed by atoms with van der Waals surface area (Å²) in [5.41, 5.74) is 3.26. The standard InChI is InChI=1S/C25H34N2O2/c1-5-11-24(28)27(18-22-15-10-9-12-20(22)4)23(25(29)26-17-19(2)3)16-21-13-7-6-8-14-21/h6-10,12-15,19,23H,5,11,16-18H2,1-4H3,(H,26,29)/t23-/m1/s1. The Morgan fingerprint density at radius 1 is 1.00 bits per heavy atom. The van der Waals surface area contributed by atoms with Crippen molar-refractivity contribution in [3.63, 3.8) is 0 Å². The molecule has 2 aromatic carbocycles. The molecule has 4 heteroatoms. The maximum atomic E-state index is 13.2. The second-order valence-electron chi connectivity index (χ2n) is 8.04. The van der Waals surface area contributed by atoms with Gasteiger partial charge in [0, 0.05) is 25.9 Å². The second kappa shape index (κ2) is 11.4. The van der Waals surface area contributed by atoms with Gasteiger partial charge in [-0.1, -0.05) is 75.4 Å². The van der Waals surface area contributed by atoms with E-state index in [2.05, 4.69) is 19.2 Å². The molecule has 0 saturated carbocycles. The molecule has 0 unspecified atom stereocenters. The first kappa shape index (κ1) is 22.7. The molecule has 2 amide bonds. The normalized spacial score (nSPS) is 11.9. The minimum absolute atomic E-state index is 0.0244. The van der Waals surface area contributed by atoms with Crippen molar-refractivity contribution in [1.29, 1.82) is 0 Å². The van der Waals surface area contributed by atoms with Gasteiger partial charge in [-0.15, -0.1) is 0 Å². The Bertz CT molecular complexity index is 786.